The number of hydrogen-bond acceptors (Lipinski definition) is 2. The lowest BCUT2D eigenvalue weighted by molar-refractivity contribution is -0.115. The lowest BCUT2D eigenvalue weighted by atomic mass is 10.0. The van der Waals surface area contributed by atoms with E-state index in [4.69, 9.17) is 4.74 Å². The summed E-state index contributed by atoms with van der Waals surface area (Å²) in [6.07, 6.45) is 1.14. The van der Waals surface area contributed by atoms with Crippen molar-refractivity contribution >= 4 is 38.3 Å². The Hall–Kier alpha value is -2.33. The molecular weight excluding hydrogens is 378 g/mol. The van der Waals surface area contributed by atoms with Crippen molar-refractivity contribution in [3.8, 4) is 5.75 Å². The molecule has 0 bridgehead atoms. The number of anilines is 1. The smallest absolute Gasteiger partial charge is 0.228 e. The minimum atomic E-state index is -0.0466. The summed E-state index contributed by atoms with van der Waals surface area (Å²) in [4.78, 5) is 12.7. The highest BCUT2D eigenvalue weighted by Gasteiger charge is 2.14. The molecule has 1 amide bonds. The van der Waals surface area contributed by atoms with Gasteiger partial charge in [0.25, 0.3) is 0 Å². The van der Waals surface area contributed by atoms with Crippen molar-refractivity contribution in [2.24, 2.45) is 0 Å². The van der Waals surface area contributed by atoms with Crippen LogP contribution in [0.5, 0.6) is 5.75 Å². The summed E-state index contributed by atoms with van der Waals surface area (Å²) < 4.78 is 6.50. The minimum absolute atomic E-state index is 0.0466. The van der Waals surface area contributed by atoms with E-state index in [-0.39, 0.29) is 12.3 Å². The van der Waals surface area contributed by atoms with Crippen molar-refractivity contribution in [2.75, 3.05) is 12.4 Å². The molecule has 0 heterocycles. The molecule has 128 valence electrons. The van der Waals surface area contributed by atoms with Gasteiger partial charge in [0.1, 0.15) is 5.75 Å². The first-order valence-electron chi connectivity index (χ1n) is 8.25. The third kappa shape index (κ3) is 3.85. The molecule has 0 saturated heterocycles. The van der Waals surface area contributed by atoms with Crippen LogP contribution in [-0.4, -0.2) is 13.0 Å². The first kappa shape index (κ1) is 17.5. The quantitative estimate of drug-likeness (QED) is 0.629. The lowest BCUT2D eigenvalue weighted by Gasteiger charge is -2.14. The molecule has 0 radical (unpaired) electrons. The number of methoxy groups -OCH3 is 1. The number of carbonyl (C=O) groups is 1. The molecule has 3 aromatic rings. The monoisotopic (exact) mass is 397 g/mol. The Balaban J connectivity index is 1.92. The van der Waals surface area contributed by atoms with Gasteiger partial charge in [0, 0.05) is 15.7 Å². The van der Waals surface area contributed by atoms with Crippen molar-refractivity contribution in [1.29, 1.82) is 0 Å². The molecule has 1 N–H and O–H groups in total. The normalized spacial score (nSPS) is 10.7. The van der Waals surface area contributed by atoms with Gasteiger partial charge in [0.15, 0.2) is 0 Å². The third-order valence-corrected chi connectivity index (χ3v) is 4.77. The van der Waals surface area contributed by atoms with E-state index in [0.29, 0.717) is 0 Å². The maximum Gasteiger partial charge on any atom is 0.228 e. The van der Waals surface area contributed by atoms with Crippen molar-refractivity contribution in [3.63, 3.8) is 0 Å². The first-order valence-corrected chi connectivity index (χ1v) is 9.04. The molecule has 4 heteroatoms. The third-order valence-electron chi connectivity index (χ3n) is 4.28. The maximum absolute atomic E-state index is 12.7. The summed E-state index contributed by atoms with van der Waals surface area (Å²) in [5, 5.41) is 5.14. The molecular formula is C21H20BrNO2. The summed E-state index contributed by atoms with van der Waals surface area (Å²) in [6.45, 7) is 2.08. The van der Waals surface area contributed by atoms with E-state index in [1.54, 1.807) is 7.11 Å². The van der Waals surface area contributed by atoms with Crippen molar-refractivity contribution < 1.29 is 9.53 Å². The van der Waals surface area contributed by atoms with Crippen LogP contribution in [0, 0.1) is 0 Å². The van der Waals surface area contributed by atoms with E-state index in [9.17, 15) is 4.79 Å². The Kier molecular flexibility index (Phi) is 5.39. The van der Waals surface area contributed by atoms with E-state index in [0.717, 1.165) is 44.2 Å². The average Bonchev–Trinajstić information content (AvgIpc) is 2.62. The zero-order valence-corrected chi connectivity index (χ0v) is 15.9. The highest BCUT2D eigenvalue weighted by molar-refractivity contribution is 9.10. The van der Waals surface area contributed by atoms with Gasteiger partial charge in [-0.05, 0) is 47.0 Å². The topological polar surface area (TPSA) is 38.3 Å². The molecule has 0 atom stereocenters. The van der Waals surface area contributed by atoms with Crippen LogP contribution in [-0.2, 0) is 17.6 Å². The van der Waals surface area contributed by atoms with Crippen LogP contribution in [0.15, 0.2) is 59.1 Å². The van der Waals surface area contributed by atoms with Crippen LogP contribution < -0.4 is 10.1 Å². The Morgan fingerprint density at radius 1 is 1.12 bits per heavy atom. The Bertz CT molecular complexity index is 921. The van der Waals surface area contributed by atoms with Crippen LogP contribution in [0.25, 0.3) is 10.8 Å². The van der Waals surface area contributed by atoms with Crippen LogP contribution in [0.3, 0.4) is 0 Å². The Morgan fingerprint density at radius 3 is 2.68 bits per heavy atom. The predicted molar refractivity (Wildman–Crippen MR) is 106 cm³/mol. The molecule has 25 heavy (non-hydrogen) atoms. The molecule has 3 nitrogen and oxygen atoms in total. The second-order valence-corrected chi connectivity index (χ2v) is 6.76. The average molecular weight is 398 g/mol. The van der Waals surface area contributed by atoms with E-state index in [2.05, 4.69) is 28.2 Å². The zero-order chi connectivity index (χ0) is 17.8. The molecule has 0 spiro atoms. The summed E-state index contributed by atoms with van der Waals surface area (Å²) in [6, 6.07) is 17.9. The fourth-order valence-corrected chi connectivity index (χ4v) is 3.40. The standard InChI is InChI=1S/C21H20BrNO2/c1-3-14-6-4-5-7-19(14)23-21(24)13-18-17-10-9-16(22)12-15(17)8-11-20(18)25-2/h4-12H,3,13H2,1-2H3,(H,23,24). The maximum atomic E-state index is 12.7. The number of rotatable bonds is 5. The molecule has 0 aliphatic heterocycles. The van der Waals surface area contributed by atoms with Crippen LogP contribution in [0.4, 0.5) is 5.69 Å². The van der Waals surface area contributed by atoms with Crippen molar-refractivity contribution in [3.05, 3.63) is 70.2 Å². The number of carbonyl (C=O) groups excluding carboxylic acids is 1. The van der Waals surface area contributed by atoms with E-state index < -0.39 is 0 Å². The number of aryl methyl sites for hydroxylation is 1. The molecule has 0 aliphatic carbocycles. The summed E-state index contributed by atoms with van der Waals surface area (Å²) in [7, 11) is 1.63. The second-order valence-electron chi connectivity index (χ2n) is 5.85. The lowest BCUT2D eigenvalue weighted by Crippen LogP contribution is -2.16. The number of halogens is 1. The van der Waals surface area contributed by atoms with Crippen molar-refractivity contribution in [2.45, 2.75) is 19.8 Å². The summed E-state index contributed by atoms with van der Waals surface area (Å²) >= 11 is 3.49. The van der Waals surface area contributed by atoms with Crippen LogP contribution >= 0.6 is 15.9 Å². The molecule has 0 unspecified atom stereocenters. The van der Waals surface area contributed by atoms with E-state index in [1.165, 1.54) is 0 Å². The second kappa shape index (κ2) is 7.70. The van der Waals surface area contributed by atoms with Gasteiger partial charge in [0.05, 0.1) is 13.5 Å². The number of nitrogens with one attached hydrogen (secondary N) is 1. The number of ether oxygens (including phenoxy) is 1. The number of para-hydroxylation sites is 1. The molecule has 3 aromatic carbocycles. The van der Waals surface area contributed by atoms with Gasteiger partial charge in [-0.15, -0.1) is 0 Å². The highest BCUT2D eigenvalue weighted by Crippen LogP contribution is 2.30. The molecule has 0 aromatic heterocycles. The van der Waals surface area contributed by atoms with E-state index in [1.807, 2.05) is 54.6 Å². The van der Waals surface area contributed by atoms with Gasteiger partial charge in [-0.25, -0.2) is 0 Å². The predicted octanol–water partition coefficient (Wildman–Crippen LogP) is 5.35. The van der Waals surface area contributed by atoms with Gasteiger partial charge in [0.2, 0.25) is 5.91 Å². The Morgan fingerprint density at radius 2 is 1.92 bits per heavy atom. The van der Waals surface area contributed by atoms with Crippen LogP contribution in [0.1, 0.15) is 18.1 Å². The molecule has 3 rings (SSSR count). The number of benzene rings is 3. The SMILES string of the molecule is CCc1ccccc1NC(=O)Cc1c(OC)ccc2cc(Br)ccc12. The molecule has 0 fully saturated rings. The fourth-order valence-electron chi connectivity index (χ4n) is 3.02. The summed E-state index contributed by atoms with van der Waals surface area (Å²) in [5.74, 6) is 0.684. The van der Waals surface area contributed by atoms with Gasteiger partial charge >= 0.3 is 0 Å². The largest absolute Gasteiger partial charge is 0.496 e. The number of amides is 1. The summed E-state index contributed by atoms with van der Waals surface area (Å²) in [5.41, 5.74) is 2.90. The molecule has 0 aliphatic rings. The number of hydrogen-bond donors (Lipinski definition) is 1. The van der Waals surface area contributed by atoms with Gasteiger partial charge in [-0.2, -0.15) is 0 Å². The van der Waals surface area contributed by atoms with Gasteiger partial charge in [-0.1, -0.05) is 53.2 Å². The van der Waals surface area contributed by atoms with Crippen molar-refractivity contribution in [1.82, 2.24) is 0 Å². The Labute approximate surface area is 156 Å². The minimum Gasteiger partial charge on any atom is -0.496 e. The zero-order valence-electron chi connectivity index (χ0n) is 14.3. The number of fused-ring (bicyclic) bond motifs is 1. The van der Waals surface area contributed by atoms with Gasteiger partial charge < -0.3 is 10.1 Å². The van der Waals surface area contributed by atoms with E-state index >= 15 is 0 Å². The fraction of sp³-hybridized carbons (Fsp3) is 0.190. The molecule has 0 saturated carbocycles. The van der Waals surface area contributed by atoms with Gasteiger partial charge in [-0.3, -0.25) is 4.79 Å². The first-order chi connectivity index (χ1) is 12.1. The highest BCUT2D eigenvalue weighted by atomic mass is 79.9. The van der Waals surface area contributed by atoms with Crippen LogP contribution in [0.2, 0.25) is 0 Å².